The average molecular weight is 345 g/mol. The maximum atomic E-state index is 11.1. The van der Waals surface area contributed by atoms with E-state index in [0.29, 0.717) is 0 Å². The first-order valence-electron chi connectivity index (χ1n) is 6.38. The first-order valence-corrected chi connectivity index (χ1v) is 7.19. The molecule has 0 atom stereocenters. The molecule has 5 N–H and O–H groups in total. The van der Waals surface area contributed by atoms with E-state index < -0.39 is 22.3 Å². The molecule has 0 saturated heterocycles. The number of thioether (sulfide) groups is 1. The van der Waals surface area contributed by atoms with Crippen molar-refractivity contribution in [2.75, 3.05) is 7.11 Å². The Bertz CT molecular complexity index is 842. The number of benzene rings is 1. The van der Waals surface area contributed by atoms with Crippen LogP contribution in [-0.4, -0.2) is 17.1 Å². The van der Waals surface area contributed by atoms with E-state index in [9.17, 15) is 25.7 Å². The van der Waals surface area contributed by atoms with E-state index in [0.717, 1.165) is 17.8 Å². The second-order valence-electron chi connectivity index (χ2n) is 4.66. The molecule has 9 nitrogen and oxygen atoms in total. The van der Waals surface area contributed by atoms with E-state index in [1.807, 2.05) is 12.1 Å². The molecule has 24 heavy (non-hydrogen) atoms. The highest BCUT2D eigenvalue weighted by molar-refractivity contribution is 8.06. The van der Waals surface area contributed by atoms with Gasteiger partial charge >= 0.3 is 5.69 Å². The summed E-state index contributed by atoms with van der Waals surface area (Å²) in [5, 5.41) is 39.9. The zero-order valence-electron chi connectivity index (χ0n) is 12.3. The largest absolute Gasteiger partial charge is 0.500 e. The van der Waals surface area contributed by atoms with Crippen LogP contribution in [0.25, 0.3) is 0 Å². The minimum Gasteiger partial charge on any atom is -0.500 e. The van der Waals surface area contributed by atoms with Crippen LogP contribution in [0.1, 0.15) is 11.5 Å². The second kappa shape index (κ2) is 6.40. The number of hydrogen-bond acceptors (Lipinski definition) is 9. The standard InChI is InChI=1S/C14H11N5O4S/c1-23-10-3-6(2-9(12(10)20)19(21)22)11-7(4-15)13(17)24-14(18)8(11)5-16/h2-3,11,20H,17-18H2,1H3. The van der Waals surface area contributed by atoms with Crippen LogP contribution >= 0.6 is 11.8 Å². The third kappa shape index (κ3) is 2.66. The molecular weight excluding hydrogens is 334 g/mol. The van der Waals surface area contributed by atoms with Gasteiger partial charge in [0.25, 0.3) is 0 Å². The number of allylic oxidation sites excluding steroid dienone is 2. The number of methoxy groups -OCH3 is 1. The molecule has 0 aliphatic carbocycles. The maximum Gasteiger partial charge on any atom is 0.314 e. The van der Waals surface area contributed by atoms with Crippen molar-refractivity contribution in [3.63, 3.8) is 0 Å². The lowest BCUT2D eigenvalue weighted by molar-refractivity contribution is -0.386. The Morgan fingerprint density at radius 3 is 2.25 bits per heavy atom. The molecule has 10 heteroatoms. The Balaban J connectivity index is 2.79. The molecule has 0 aromatic heterocycles. The Kier molecular flexibility index (Phi) is 4.53. The van der Waals surface area contributed by atoms with Gasteiger partial charge in [-0.15, -0.1) is 0 Å². The lowest BCUT2D eigenvalue weighted by atomic mass is 9.85. The zero-order valence-corrected chi connectivity index (χ0v) is 13.1. The third-order valence-corrected chi connectivity index (χ3v) is 4.28. The minimum atomic E-state index is -0.977. The molecular formula is C14H11N5O4S. The summed E-state index contributed by atoms with van der Waals surface area (Å²) >= 11 is 0.884. The van der Waals surface area contributed by atoms with Gasteiger partial charge in [-0.3, -0.25) is 10.1 Å². The Morgan fingerprint density at radius 1 is 1.29 bits per heavy atom. The number of ether oxygens (including phenoxy) is 1. The van der Waals surface area contributed by atoms with Crippen LogP contribution in [0.4, 0.5) is 5.69 Å². The number of hydrogen-bond donors (Lipinski definition) is 3. The van der Waals surface area contributed by atoms with Crippen molar-refractivity contribution >= 4 is 17.4 Å². The fraction of sp³-hybridized carbons (Fsp3) is 0.143. The first kappa shape index (κ1) is 17.0. The van der Waals surface area contributed by atoms with Crippen LogP contribution in [0.15, 0.2) is 33.3 Å². The topological polar surface area (TPSA) is 172 Å². The van der Waals surface area contributed by atoms with Gasteiger partial charge in [0.15, 0.2) is 5.75 Å². The van der Waals surface area contributed by atoms with Gasteiger partial charge < -0.3 is 21.3 Å². The molecule has 1 aromatic carbocycles. The minimum absolute atomic E-state index is 0.0489. The summed E-state index contributed by atoms with van der Waals surface area (Å²) in [5.41, 5.74) is 11.3. The Labute approximate surface area is 140 Å². The molecule has 0 saturated carbocycles. The van der Waals surface area contributed by atoms with E-state index in [1.165, 1.54) is 13.2 Å². The number of phenolic OH excluding ortho intramolecular Hbond substituents is 1. The zero-order chi connectivity index (χ0) is 18.0. The normalized spacial score (nSPS) is 15.0. The van der Waals surface area contributed by atoms with Crippen LogP contribution < -0.4 is 16.2 Å². The second-order valence-corrected chi connectivity index (χ2v) is 5.75. The predicted octanol–water partition coefficient (Wildman–Crippen LogP) is 1.53. The lowest BCUT2D eigenvalue weighted by Gasteiger charge is -2.24. The van der Waals surface area contributed by atoms with Crippen LogP contribution in [-0.2, 0) is 0 Å². The van der Waals surface area contributed by atoms with Crippen LogP contribution in [0.5, 0.6) is 11.5 Å². The van der Waals surface area contributed by atoms with Crippen molar-refractivity contribution in [1.29, 1.82) is 10.5 Å². The summed E-state index contributed by atoms with van der Waals surface area (Å²) in [5.74, 6) is -1.79. The number of nitro benzene ring substituents is 1. The Hall–Kier alpha value is -3.37. The van der Waals surface area contributed by atoms with E-state index in [4.69, 9.17) is 16.2 Å². The number of nitro groups is 1. The van der Waals surface area contributed by atoms with E-state index in [1.54, 1.807) is 0 Å². The molecule has 1 aliphatic rings. The molecule has 0 bridgehead atoms. The van der Waals surface area contributed by atoms with Gasteiger partial charge in [-0.2, -0.15) is 10.5 Å². The number of nitrogens with zero attached hydrogens (tertiary/aromatic N) is 3. The lowest BCUT2D eigenvalue weighted by Crippen LogP contribution is -2.18. The summed E-state index contributed by atoms with van der Waals surface area (Å²) in [6, 6.07) is 6.18. The smallest absolute Gasteiger partial charge is 0.314 e. The molecule has 0 spiro atoms. The van der Waals surface area contributed by atoms with Crippen molar-refractivity contribution in [3.8, 4) is 23.6 Å². The summed E-state index contributed by atoms with van der Waals surface area (Å²) in [4.78, 5) is 10.3. The molecule has 0 unspecified atom stereocenters. The van der Waals surface area contributed by atoms with Crippen LogP contribution in [0.2, 0.25) is 0 Å². The Morgan fingerprint density at radius 2 is 1.83 bits per heavy atom. The number of nitrogens with two attached hydrogens (primary N) is 2. The maximum absolute atomic E-state index is 11.1. The van der Waals surface area contributed by atoms with Crippen LogP contribution in [0.3, 0.4) is 0 Å². The van der Waals surface area contributed by atoms with Crippen LogP contribution in [0, 0.1) is 32.8 Å². The fourth-order valence-corrected chi connectivity index (χ4v) is 3.09. The number of aromatic hydroxyl groups is 1. The van der Waals surface area contributed by atoms with E-state index in [-0.39, 0.29) is 32.5 Å². The number of nitriles is 2. The summed E-state index contributed by atoms with van der Waals surface area (Å²) in [6.45, 7) is 0. The SMILES string of the molecule is COc1cc(C2C(C#N)=C(N)SC(N)=C2C#N)cc([N+](=O)[O-])c1O. The van der Waals surface area contributed by atoms with Gasteiger partial charge in [-0.05, 0) is 11.6 Å². The number of phenols is 1. The van der Waals surface area contributed by atoms with Gasteiger partial charge in [0.2, 0.25) is 5.75 Å². The van der Waals surface area contributed by atoms with Crippen molar-refractivity contribution in [2.45, 2.75) is 5.92 Å². The molecule has 2 rings (SSSR count). The summed E-state index contributed by atoms with van der Waals surface area (Å²) < 4.78 is 4.94. The van der Waals surface area contributed by atoms with Gasteiger partial charge in [0.1, 0.15) is 0 Å². The van der Waals surface area contributed by atoms with Gasteiger partial charge in [-0.1, -0.05) is 11.8 Å². The highest BCUT2D eigenvalue weighted by atomic mass is 32.2. The molecule has 1 heterocycles. The highest BCUT2D eigenvalue weighted by Crippen LogP contribution is 2.46. The average Bonchev–Trinajstić information content (AvgIpc) is 2.54. The molecule has 0 amide bonds. The van der Waals surface area contributed by atoms with Gasteiger partial charge in [0.05, 0.1) is 51.3 Å². The highest BCUT2D eigenvalue weighted by Gasteiger charge is 2.33. The van der Waals surface area contributed by atoms with Crippen molar-refractivity contribution in [3.05, 3.63) is 49.0 Å². The molecule has 1 aromatic rings. The molecule has 0 radical (unpaired) electrons. The van der Waals surface area contributed by atoms with E-state index >= 15 is 0 Å². The quantitative estimate of drug-likeness (QED) is 0.542. The summed E-state index contributed by atoms with van der Waals surface area (Å²) in [7, 11) is 1.23. The van der Waals surface area contributed by atoms with Crippen molar-refractivity contribution < 1.29 is 14.8 Å². The molecule has 0 fully saturated rings. The first-order chi connectivity index (χ1) is 11.3. The molecule has 122 valence electrons. The fourth-order valence-electron chi connectivity index (χ4n) is 2.31. The summed E-state index contributed by atoms with van der Waals surface area (Å²) in [6.07, 6.45) is 0. The third-order valence-electron chi connectivity index (χ3n) is 3.40. The van der Waals surface area contributed by atoms with Gasteiger partial charge in [-0.25, -0.2) is 0 Å². The van der Waals surface area contributed by atoms with Crippen molar-refractivity contribution in [2.24, 2.45) is 11.5 Å². The number of rotatable bonds is 3. The monoisotopic (exact) mass is 345 g/mol. The predicted molar refractivity (Wildman–Crippen MR) is 85.3 cm³/mol. The van der Waals surface area contributed by atoms with E-state index in [2.05, 4.69) is 0 Å². The molecule has 1 aliphatic heterocycles. The van der Waals surface area contributed by atoms with Gasteiger partial charge in [0, 0.05) is 6.07 Å². The van der Waals surface area contributed by atoms with Crippen molar-refractivity contribution in [1.82, 2.24) is 0 Å².